The Hall–Kier alpha value is -3.01. The van der Waals surface area contributed by atoms with Gasteiger partial charge in [0.25, 0.3) is 5.91 Å². The van der Waals surface area contributed by atoms with Crippen molar-refractivity contribution in [2.45, 2.75) is 11.4 Å². The van der Waals surface area contributed by atoms with Crippen LogP contribution < -0.4 is 10.5 Å². The van der Waals surface area contributed by atoms with Gasteiger partial charge in [-0.2, -0.15) is 5.10 Å². The van der Waals surface area contributed by atoms with Gasteiger partial charge in [-0.05, 0) is 22.8 Å². The van der Waals surface area contributed by atoms with Gasteiger partial charge in [0.05, 0.1) is 13.3 Å². The number of amides is 1. The zero-order chi connectivity index (χ0) is 22.5. The molecule has 0 saturated carbocycles. The van der Waals surface area contributed by atoms with E-state index in [2.05, 4.69) is 20.0 Å². The van der Waals surface area contributed by atoms with Gasteiger partial charge in [0, 0.05) is 42.9 Å². The second-order valence-electron chi connectivity index (χ2n) is 6.64. The number of methoxy groups -OCH3 is 1. The molecule has 4 rings (SSSR count). The van der Waals surface area contributed by atoms with Crippen molar-refractivity contribution in [3.8, 4) is 17.0 Å². The predicted octanol–water partition coefficient (Wildman–Crippen LogP) is 3.07. The Morgan fingerprint density at radius 1 is 1.23 bits per heavy atom. The van der Waals surface area contributed by atoms with Crippen LogP contribution in [0, 0.1) is 5.82 Å². The number of carbonyl (C=O) groups excluding carboxylic acids is 1. The monoisotopic (exact) mass is 526 g/mol. The number of aromatic nitrogens is 4. The van der Waals surface area contributed by atoms with E-state index in [1.165, 1.54) is 7.11 Å². The van der Waals surface area contributed by atoms with Crippen LogP contribution in [0.4, 0.5) is 4.39 Å². The molecule has 0 saturated heterocycles. The first-order chi connectivity index (χ1) is 15.0. The second kappa shape index (κ2) is 9.86. The van der Waals surface area contributed by atoms with Gasteiger partial charge in [0.15, 0.2) is 5.82 Å². The number of carbonyl (C=O) groups is 1. The fourth-order valence-corrected chi connectivity index (χ4v) is 3.22. The molecule has 3 heterocycles. The van der Waals surface area contributed by atoms with E-state index in [0.717, 1.165) is 11.1 Å². The van der Waals surface area contributed by atoms with E-state index in [9.17, 15) is 4.79 Å². The third kappa shape index (κ3) is 4.84. The molecule has 0 aliphatic carbocycles. The fourth-order valence-electron chi connectivity index (χ4n) is 3.22. The normalized spacial score (nSPS) is 10.5. The van der Waals surface area contributed by atoms with Crippen LogP contribution >= 0.6 is 0 Å². The van der Waals surface area contributed by atoms with Crippen molar-refractivity contribution in [2.24, 2.45) is 12.8 Å². The van der Waals surface area contributed by atoms with E-state index >= 15 is 4.39 Å². The average Bonchev–Trinajstić information content (AvgIpc) is 3.23. The summed E-state index contributed by atoms with van der Waals surface area (Å²) in [6.07, 6.45) is 5.39. The van der Waals surface area contributed by atoms with Crippen LogP contribution in [-0.4, -0.2) is 55.3 Å². The molecule has 0 fully saturated rings. The standard InChI is InChI=1S/C21H18FN5O2.CH3.Sn/c1-27-11-14(10-25-27)16-8-17(21(23)28)26-20-15(16)5-4-13(19(20)22)7-12-3-6-18(29-2)24-9-12;;/h3-6,8-11H,7H2,1-2H3,(H2,23,28);1H3;. The van der Waals surface area contributed by atoms with Crippen molar-refractivity contribution in [3.63, 3.8) is 0 Å². The summed E-state index contributed by atoms with van der Waals surface area (Å²) in [6.45, 7) is 0. The second-order valence-corrected chi connectivity index (χ2v) is 6.64. The number of hydrogen-bond donors (Lipinski definition) is 1. The Bertz CT molecular complexity index is 1220. The molecule has 1 aromatic carbocycles. The Labute approximate surface area is 192 Å². The zero-order valence-corrected chi connectivity index (χ0v) is 20.2. The quantitative estimate of drug-likeness (QED) is 0.405. The number of nitrogens with two attached hydrogens (primary N) is 1. The van der Waals surface area contributed by atoms with Crippen LogP contribution in [0.5, 0.6) is 5.88 Å². The molecule has 3 radical (unpaired) electrons. The number of hydrogen-bond acceptors (Lipinski definition) is 5. The Kier molecular flexibility index (Phi) is 7.21. The van der Waals surface area contributed by atoms with E-state index < -0.39 is 11.7 Å². The summed E-state index contributed by atoms with van der Waals surface area (Å²) in [6, 6.07) is 8.62. The first kappa shape index (κ1) is 22.7. The van der Waals surface area contributed by atoms with Crippen LogP contribution in [0.3, 0.4) is 0 Å². The average molecular weight is 525 g/mol. The van der Waals surface area contributed by atoms with Gasteiger partial charge in [-0.15, -0.1) is 0 Å². The molecule has 0 unspecified atom stereocenters. The Balaban J connectivity index is 0.00000132. The fraction of sp³-hybridized carbons (Fsp3) is 0.182. The van der Waals surface area contributed by atoms with Gasteiger partial charge < -0.3 is 10.5 Å². The van der Waals surface area contributed by atoms with Crippen LogP contribution in [0.2, 0.25) is 4.94 Å². The summed E-state index contributed by atoms with van der Waals surface area (Å²) in [5.41, 5.74) is 8.18. The van der Waals surface area contributed by atoms with Crippen molar-refractivity contribution >= 4 is 39.3 Å². The summed E-state index contributed by atoms with van der Waals surface area (Å²) < 4.78 is 22.0. The molecule has 31 heavy (non-hydrogen) atoms. The zero-order valence-electron chi connectivity index (χ0n) is 17.4. The van der Waals surface area contributed by atoms with E-state index in [0.29, 0.717) is 28.8 Å². The summed E-state index contributed by atoms with van der Waals surface area (Å²) >= 11 is 1.55. The van der Waals surface area contributed by atoms with Crippen LogP contribution in [-0.2, 0) is 13.5 Å². The molecule has 0 aliphatic heterocycles. The van der Waals surface area contributed by atoms with E-state index in [1.54, 1.807) is 77.1 Å². The number of benzene rings is 1. The summed E-state index contributed by atoms with van der Waals surface area (Å²) in [5, 5.41) is 4.73. The third-order valence-electron chi connectivity index (χ3n) is 4.67. The first-order valence-electron chi connectivity index (χ1n) is 9.36. The van der Waals surface area contributed by atoms with Crippen molar-refractivity contribution in [1.29, 1.82) is 0 Å². The Morgan fingerprint density at radius 2 is 2.00 bits per heavy atom. The number of primary amides is 1. The molecule has 0 aliphatic rings. The van der Waals surface area contributed by atoms with Crippen molar-refractivity contribution in [3.05, 3.63) is 71.6 Å². The number of rotatable bonds is 5. The van der Waals surface area contributed by atoms with Gasteiger partial charge in [-0.25, -0.2) is 14.4 Å². The number of fused-ring (bicyclic) bond motifs is 1. The molecule has 0 bridgehead atoms. The Morgan fingerprint density at radius 3 is 2.58 bits per heavy atom. The minimum absolute atomic E-state index is 0.00137. The maximum absolute atomic E-state index is 15.4. The van der Waals surface area contributed by atoms with E-state index in [-0.39, 0.29) is 11.2 Å². The van der Waals surface area contributed by atoms with Crippen molar-refractivity contribution < 1.29 is 13.9 Å². The summed E-state index contributed by atoms with van der Waals surface area (Å²) in [4.78, 5) is 22.2. The number of aryl methyl sites for hydroxylation is 1. The van der Waals surface area contributed by atoms with Gasteiger partial charge in [-0.3, -0.25) is 9.48 Å². The molecule has 3 aromatic heterocycles. The van der Waals surface area contributed by atoms with Crippen LogP contribution in [0.1, 0.15) is 21.6 Å². The molecule has 9 heteroatoms. The predicted molar refractivity (Wildman–Crippen MR) is 118 cm³/mol. The van der Waals surface area contributed by atoms with Crippen molar-refractivity contribution in [2.75, 3.05) is 7.11 Å². The molecule has 0 spiro atoms. The van der Waals surface area contributed by atoms with Crippen LogP contribution in [0.15, 0.2) is 48.9 Å². The van der Waals surface area contributed by atoms with Gasteiger partial charge >= 0.3 is 27.5 Å². The molecule has 4 aromatic rings. The van der Waals surface area contributed by atoms with E-state index in [4.69, 9.17) is 10.5 Å². The first-order valence-corrected chi connectivity index (χ1v) is 12.2. The van der Waals surface area contributed by atoms with E-state index in [1.807, 2.05) is 6.07 Å². The van der Waals surface area contributed by atoms with Crippen molar-refractivity contribution in [1.82, 2.24) is 19.7 Å². The molecule has 1 amide bonds. The summed E-state index contributed by atoms with van der Waals surface area (Å²) in [7, 11) is 3.32. The van der Waals surface area contributed by atoms with Gasteiger partial charge in [0.1, 0.15) is 11.2 Å². The molecular weight excluding hydrogens is 504 g/mol. The summed E-state index contributed by atoms with van der Waals surface area (Å²) in [5.74, 6) is -0.727. The maximum atomic E-state index is 15.4. The van der Waals surface area contributed by atoms with Gasteiger partial charge in [0.2, 0.25) is 5.88 Å². The minimum atomic E-state index is -0.721. The molecule has 157 valence electrons. The molecular formula is C22H21FN5O2Sn. The number of nitrogens with zero attached hydrogens (tertiary/aromatic N) is 4. The number of ether oxygens (including phenoxy) is 1. The topological polar surface area (TPSA) is 95.9 Å². The SMILES string of the molecule is COc1ccc(Cc2ccc3c(-c4cnn(C)c4)cc(C(N)=O)nc3c2F)cn1.[CH3][Sn]. The molecule has 0 atom stereocenters. The van der Waals surface area contributed by atoms with Gasteiger partial charge in [-0.1, -0.05) is 18.2 Å². The number of halogens is 1. The number of pyridine rings is 2. The van der Waals surface area contributed by atoms with Crippen LogP contribution in [0.25, 0.3) is 22.0 Å². The molecule has 7 nitrogen and oxygen atoms in total. The molecule has 2 N–H and O–H groups in total. The third-order valence-corrected chi connectivity index (χ3v) is 4.67.